The molecule has 2 nitrogen and oxygen atoms in total. The molecular formula is C18H19NO. The van der Waals surface area contributed by atoms with Gasteiger partial charge in [0.2, 0.25) is 5.91 Å². The van der Waals surface area contributed by atoms with Gasteiger partial charge in [-0.1, -0.05) is 48.0 Å². The highest BCUT2D eigenvalue weighted by atomic mass is 16.2. The van der Waals surface area contributed by atoms with Gasteiger partial charge in [0.05, 0.1) is 6.42 Å². The lowest BCUT2D eigenvalue weighted by Gasteiger charge is -2.30. The third-order valence-corrected chi connectivity index (χ3v) is 3.85. The summed E-state index contributed by atoms with van der Waals surface area (Å²) in [5, 5.41) is 0. The third-order valence-electron chi connectivity index (χ3n) is 3.85. The Kier molecular flexibility index (Phi) is 3.55. The number of hydrogen-bond acceptors (Lipinski definition) is 1. The van der Waals surface area contributed by atoms with E-state index in [1.807, 2.05) is 35.2 Å². The first-order valence-corrected chi connectivity index (χ1v) is 7.18. The van der Waals surface area contributed by atoms with Crippen LogP contribution in [0.15, 0.2) is 48.5 Å². The molecule has 0 aromatic heterocycles. The van der Waals surface area contributed by atoms with Gasteiger partial charge < -0.3 is 4.90 Å². The van der Waals surface area contributed by atoms with E-state index >= 15 is 0 Å². The van der Waals surface area contributed by atoms with Gasteiger partial charge in [-0.2, -0.15) is 0 Å². The van der Waals surface area contributed by atoms with Gasteiger partial charge >= 0.3 is 0 Å². The second-order valence-electron chi connectivity index (χ2n) is 5.44. The molecule has 0 radical (unpaired) electrons. The van der Waals surface area contributed by atoms with Crippen LogP contribution in [0.4, 0.5) is 5.69 Å². The van der Waals surface area contributed by atoms with Gasteiger partial charge in [-0.25, -0.2) is 0 Å². The minimum atomic E-state index is 0.195. The Balaban J connectivity index is 1.83. The number of aryl methyl sites for hydroxylation is 2. The quantitative estimate of drug-likeness (QED) is 0.813. The number of benzene rings is 2. The Morgan fingerprint density at radius 1 is 1.15 bits per heavy atom. The Morgan fingerprint density at radius 3 is 2.75 bits per heavy atom. The zero-order valence-corrected chi connectivity index (χ0v) is 11.8. The van der Waals surface area contributed by atoms with Crippen LogP contribution in [0.5, 0.6) is 0 Å². The van der Waals surface area contributed by atoms with Gasteiger partial charge in [-0.3, -0.25) is 4.79 Å². The Hall–Kier alpha value is -2.09. The predicted molar refractivity (Wildman–Crippen MR) is 82.0 cm³/mol. The van der Waals surface area contributed by atoms with Crippen molar-refractivity contribution in [2.24, 2.45) is 0 Å². The van der Waals surface area contributed by atoms with Crippen molar-refractivity contribution in [2.75, 3.05) is 11.4 Å². The van der Waals surface area contributed by atoms with Crippen LogP contribution in [0.3, 0.4) is 0 Å². The van der Waals surface area contributed by atoms with E-state index in [4.69, 9.17) is 0 Å². The standard InChI is InChI=1S/C18H19NO/c1-14-9-10-17-16(12-14)8-5-11-19(17)18(20)13-15-6-3-2-4-7-15/h2-4,6-7,9-10,12H,5,8,11,13H2,1H3. The van der Waals surface area contributed by atoms with Gasteiger partial charge in [0.1, 0.15) is 0 Å². The monoisotopic (exact) mass is 265 g/mol. The summed E-state index contributed by atoms with van der Waals surface area (Å²) in [6.45, 7) is 2.94. The molecule has 0 bridgehead atoms. The average Bonchev–Trinajstić information content (AvgIpc) is 2.47. The molecule has 1 amide bonds. The number of rotatable bonds is 2. The lowest BCUT2D eigenvalue weighted by molar-refractivity contribution is -0.118. The van der Waals surface area contributed by atoms with Crippen LogP contribution in [0.1, 0.15) is 23.1 Å². The van der Waals surface area contributed by atoms with Crippen molar-refractivity contribution in [2.45, 2.75) is 26.2 Å². The molecule has 1 heterocycles. The Morgan fingerprint density at radius 2 is 1.95 bits per heavy atom. The normalized spacial score (nSPS) is 13.9. The molecule has 0 fully saturated rings. The molecule has 0 unspecified atom stereocenters. The van der Waals surface area contributed by atoms with Gasteiger partial charge in [-0.15, -0.1) is 0 Å². The second-order valence-corrected chi connectivity index (χ2v) is 5.44. The topological polar surface area (TPSA) is 20.3 Å². The molecule has 0 spiro atoms. The number of carbonyl (C=O) groups excluding carboxylic acids is 1. The average molecular weight is 265 g/mol. The summed E-state index contributed by atoms with van der Waals surface area (Å²) in [7, 11) is 0. The number of carbonyl (C=O) groups is 1. The van der Waals surface area contributed by atoms with Crippen molar-refractivity contribution < 1.29 is 4.79 Å². The summed E-state index contributed by atoms with van der Waals surface area (Å²) in [4.78, 5) is 14.5. The van der Waals surface area contributed by atoms with Crippen molar-refractivity contribution in [3.05, 3.63) is 65.2 Å². The van der Waals surface area contributed by atoms with Crippen molar-refractivity contribution in [3.63, 3.8) is 0 Å². The van der Waals surface area contributed by atoms with Crippen LogP contribution < -0.4 is 4.90 Å². The van der Waals surface area contributed by atoms with E-state index in [-0.39, 0.29) is 5.91 Å². The molecule has 2 heteroatoms. The fraction of sp³-hybridized carbons (Fsp3) is 0.278. The number of nitrogens with zero attached hydrogens (tertiary/aromatic N) is 1. The SMILES string of the molecule is Cc1ccc2c(c1)CCCN2C(=O)Cc1ccccc1. The Bertz CT molecular complexity index is 619. The first kappa shape index (κ1) is 12.9. The summed E-state index contributed by atoms with van der Waals surface area (Å²) in [5.74, 6) is 0.195. The van der Waals surface area contributed by atoms with E-state index in [0.29, 0.717) is 6.42 Å². The summed E-state index contributed by atoms with van der Waals surface area (Å²) >= 11 is 0. The fourth-order valence-electron chi connectivity index (χ4n) is 2.85. The van der Waals surface area contributed by atoms with Crippen LogP contribution in [-0.2, 0) is 17.6 Å². The van der Waals surface area contributed by atoms with Gasteiger partial charge in [-0.05, 0) is 37.0 Å². The summed E-state index contributed by atoms with van der Waals surface area (Å²) in [5.41, 5.74) is 4.75. The van der Waals surface area contributed by atoms with Crippen molar-refractivity contribution in [1.29, 1.82) is 0 Å². The zero-order valence-electron chi connectivity index (χ0n) is 11.8. The third kappa shape index (κ3) is 2.60. The highest BCUT2D eigenvalue weighted by molar-refractivity contribution is 5.95. The molecule has 3 rings (SSSR count). The van der Waals surface area contributed by atoms with E-state index in [1.54, 1.807) is 0 Å². The van der Waals surface area contributed by atoms with Gasteiger partial charge in [0.25, 0.3) is 0 Å². The van der Waals surface area contributed by atoms with E-state index in [0.717, 1.165) is 30.6 Å². The van der Waals surface area contributed by atoms with E-state index in [2.05, 4.69) is 25.1 Å². The molecule has 0 saturated carbocycles. The smallest absolute Gasteiger partial charge is 0.231 e. The minimum absolute atomic E-state index is 0.195. The zero-order chi connectivity index (χ0) is 13.9. The van der Waals surface area contributed by atoms with E-state index in [9.17, 15) is 4.79 Å². The molecule has 0 atom stereocenters. The molecule has 0 aliphatic carbocycles. The summed E-state index contributed by atoms with van der Waals surface area (Å²) in [6.07, 6.45) is 2.61. The number of fused-ring (bicyclic) bond motifs is 1. The number of amides is 1. The van der Waals surface area contributed by atoms with Gasteiger partial charge in [0, 0.05) is 12.2 Å². The largest absolute Gasteiger partial charge is 0.312 e. The summed E-state index contributed by atoms with van der Waals surface area (Å²) in [6, 6.07) is 16.4. The predicted octanol–water partition coefficient (Wildman–Crippen LogP) is 3.52. The highest BCUT2D eigenvalue weighted by Gasteiger charge is 2.22. The second kappa shape index (κ2) is 5.49. The minimum Gasteiger partial charge on any atom is -0.312 e. The van der Waals surface area contributed by atoms with Crippen LogP contribution in [0.25, 0.3) is 0 Å². The van der Waals surface area contributed by atoms with E-state index < -0.39 is 0 Å². The molecule has 0 saturated heterocycles. The lowest BCUT2D eigenvalue weighted by atomic mass is 9.99. The fourth-order valence-corrected chi connectivity index (χ4v) is 2.85. The molecule has 1 aliphatic rings. The highest BCUT2D eigenvalue weighted by Crippen LogP contribution is 2.28. The lowest BCUT2D eigenvalue weighted by Crippen LogP contribution is -2.36. The van der Waals surface area contributed by atoms with Crippen LogP contribution in [0.2, 0.25) is 0 Å². The maximum atomic E-state index is 12.5. The number of hydrogen-bond donors (Lipinski definition) is 0. The molecule has 2 aromatic carbocycles. The van der Waals surface area contributed by atoms with Crippen molar-refractivity contribution in [1.82, 2.24) is 0 Å². The molecular weight excluding hydrogens is 246 g/mol. The van der Waals surface area contributed by atoms with E-state index in [1.165, 1.54) is 11.1 Å². The maximum Gasteiger partial charge on any atom is 0.231 e. The van der Waals surface area contributed by atoms with Crippen LogP contribution in [-0.4, -0.2) is 12.5 Å². The van der Waals surface area contributed by atoms with Crippen LogP contribution in [0, 0.1) is 6.92 Å². The van der Waals surface area contributed by atoms with Crippen molar-refractivity contribution >= 4 is 11.6 Å². The van der Waals surface area contributed by atoms with Crippen molar-refractivity contribution in [3.8, 4) is 0 Å². The molecule has 0 N–H and O–H groups in total. The molecule has 20 heavy (non-hydrogen) atoms. The summed E-state index contributed by atoms with van der Waals surface area (Å²) < 4.78 is 0. The first-order valence-electron chi connectivity index (χ1n) is 7.18. The molecule has 1 aliphatic heterocycles. The number of anilines is 1. The molecule has 102 valence electrons. The Labute approximate surface area is 120 Å². The maximum absolute atomic E-state index is 12.5. The van der Waals surface area contributed by atoms with Crippen LogP contribution >= 0.6 is 0 Å². The first-order chi connectivity index (χ1) is 9.74. The molecule has 2 aromatic rings. The van der Waals surface area contributed by atoms with Gasteiger partial charge in [0.15, 0.2) is 0 Å².